The highest BCUT2D eigenvalue weighted by atomic mass is 19.1. The lowest BCUT2D eigenvalue weighted by molar-refractivity contribution is 0.150. The molecule has 0 bridgehead atoms. The Morgan fingerprint density at radius 3 is 2.80 bits per heavy atom. The van der Waals surface area contributed by atoms with Gasteiger partial charge >= 0.3 is 6.03 Å². The molecule has 1 heterocycles. The number of methoxy groups -OCH3 is 2. The minimum Gasteiger partial charge on any atom is -0.494 e. The van der Waals surface area contributed by atoms with Crippen LogP contribution in [0.2, 0.25) is 0 Å². The van der Waals surface area contributed by atoms with Crippen LogP contribution in [0.5, 0.6) is 5.75 Å². The van der Waals surface area contributed by atoms with Crippen molar-refractivity contribution in [1.82, 2.24) is 10.2 Å². The average Bonchev–Trinajstić information content (AvgIpc) is 2.70. The Labute approximate surface area is 116 Å². The molecule has 0 radical (unpaired) electrons. The Morgan fingerprint density at radius 2 is 2.20 bits per heavy atom. The summed E-state index contributed by atoms with van der Waals surface area (Å²) in [7, 11) is 2.91. The number of hydrogen-bond acceptors (Lipinski definition) is 4. The van der Waals surface area contributed by atoms with Crippen LogP contribution in [0.25, 0.3) is 0 Å². The van der Waals surface area contributed by atoms with Crippen LogP contribution < -0.4 is 10.1 Å². The fourth-order valence-electron chi connectivity index (χ4n) is 2.15. The predicted molar refractivity (Wildman–Crippen MR) is 70.5 cm³/mol. The van der Waals surface area contributed by atoms with Crippen molar-refractivity contribution in [2.45, 2.75) is 6.04 Å². The van der Waals surface area contributed by atoms with Gasteiger partial charge in [-0.2, -0.15) is 0 Å². The van der Waals surface area contributed by atoms with E-state index in [1.807, 2.05) is 0 Å². The molecule has 1 aliphatic heterocycles. The lowest BCUT2D eigenvalue weighted by atomic mass is 10.1. The molecule has 2 N–H and O–H groups in total. The Kier molecular flexibility index (Phi) is 4.19. The number of nitrogens with one attached hydrogen (secondary N) is 2. The number of ether oxygens (including phenoxy) is 2. The first-order valence-electron chi connectivity index (χ1n) is 6.07. The highest BCUT2D eigenvalue weighted by Crippen LogP contribution is 2.28. The maximum atomic E-state index is 13.8. The van der Waals surface area contributed by atoms with Crippen molar-refractivity contribution >= 4 is 11.9 Å². The maximum absolute atomic E-state index is 13.8. The topological polar surface area (TPSA) is 74.7 Å². The van der Waals surface area contributed by atoms with Crippen molar-refractivity contribution in [3.63, 3.8) is 0 Å². The van der Waals surface area contributed by atoms with Crippen LogP contribution in [0.1, 0.15) is 11.6 Å². The number of benzene rings is 1. The standard InChI is InChI=1S/C13H16FN3O3/c1-19-6-5-17-11(12(15)16-13(17)18)8-3-4-10(20-2)9(14)7-8/h3-4,7,11H,5-6H2,1-2H3,(H2,15,16,18). The zero-order chi connectivity index (χ0) is 14.7. The van der Waals surface area contributed by atoms with Gasteiger partial charge in [0.05, 0.1) is 13.7 Å². The number of halogens is 1. The quantitative estimate of drug-likeness (QED) is 0.859. The zero-order valence-electron chi connectivity index (χ0n) is 11.3. The number of hydrogen-bond donors (Lipinski definition) is 2. The van der Waals surface area contributed by atoms with E-state index in [0.29, 0.717) is 18.7 Å². The first kappa shape index (κ1) is 14.3. The minimum absolute atomic E-state index is 0.0238. The van der Waals surface area contributed by atoms with Crippen molar-refractivity contribution < 1.29 is 18.7 Å². The Bertz CT molecular complexity index is 536. The van der Waals surface area contributed by atoms with Gasteiger partial charge in [-0.05, 0) is 17.7 Å². The van der Waals surface area contributed by atoms with Gasteiger partial charge in [-0.3, -0.25) is 10.7 Å². The van der Waals surface area contributed by atoms with Gasteiger partial charge in [0.15, 0.2) is 11.6 Å². The van der Waals surface area contributed by atoms with E-state index in [9.17, 15) is 9.18 Å². The molecule has 20 heavy (non-hydrogen) atoms. The number of carbonyl (C=O) groups is 1. The number of amides is 2. The molecule has 1 unspecified atom stereocenters. The number of urea groups is 1. The second-order valence-corrected chi connectivity index (χ2v) is 4.33. The van der Waals surface area contributed by atoms with E-state index in [4.69, 9.17) is 14.9 Å². The molecule has 0 aliphatic carbocycles. The molecule has 1 saturated heterocycles. The number of rotatable bonds is 5. The number of nitrogens with zero attached hydrogens (tertiary/aromatic N) is 1. The summed E-state index contributed by atoms with van der Waals surface area (Å²) in [5, 5.41) is 10.3. The molecule has 2 rings (SSSR count). The Morgan fingerprint density at radius 1 is 1.45 bits per heavy atom. The van der Waals surface area contributed by atoms with Crippen molar-refractivity contribution in [3.05, 3.63) is 29.6 Å². The van der Waals surface area contributed by atoms with Crippen LogP contribution in [0.3, 0.4) is 0 Å². The molecular formula is C13H16FN3O3. The molecule has 6 nitrogen and oxygen atoms in total. The maximum Gasteiger partial charge on any atom is 0.323 e. The lowest BCUT2D eigenvalue weighted by Crippen LogP contribution is -2.32. The first-order chi connectivity index (χ1) is 9.58. The van der Waals surface area contributed by atoms with E-state index in [1.165, 1.54) is 31.3 Å². The summed E-state index contributed by atoms with van der Waals surface area (Å²) >= 11 is 0. The van der Waals surface area contributed by atoms with Crippen molar-refractivity contribution in [1.29, 1.82) is 5.41 Å². The van der Waals surface area contributed by atoms with Crippen LogP contribution in [-0.4, -0.2) is 44.1 Å². The van der Waals surface area contributed by atoms with Crippen LogP contribution in [-0.2, 0) is 4.74 Å². The molecular weight excluding hydrogens is 265 g/mol. The fourth-order valence-corrected chi connectivity index (χ4v) is 2.15. The van der Waals surface area contributed by atoms with Crippen LogP contribution in [0.15, 0.2) is 18.2 Å². The minimum atomic E-state index is -0.627. The molecule has 0 spiro atoms. The molecule has 1 aliphatic rings. The Balaban J connectivity index is 2.30. The van der Waals surface area contributed by atoms with Gasteiger partial charge < -0.3 is 14.4 Å². The highest BCUT2D eigenvalue weighted by Gasteiger charge is 2.36. The predicted octanol–water partition coefficient (Wildman–Crippen LogP) is 1.52. The number of amidine groups is 1. The third-order valence-electron chi connectivity index (χ3n) is 3.12. The smallest absolute Gasteiger partial charge is 0.323 e. The molecule has 1 aromatic carbocycles. The summed E-state index contributed by atoms with van der Waals surface area (Å²) in [6, 6.07) is 3.39. The van der Waals surface area contributed by atoms with Gasteiger partial charge in [-0.15, -0.1) is 0 Å². The normalized spacial score (nSPS) is 18.4. The molecule has 0 saturated carbocycles. The fraction of sp³-hybridized carbons (Fsp3) is 0.385. The van der Waals surface area contributed by atoms with E-state index < -0.39 is 11.9 Å². The van der Waals surface area contributed by atoms with Gasteiger partial charge in [0.2, 0.25) is 0 Å². The van der Waals surface area contributed by atoms with Gasteiger partial charge in [-0.1, -0.05) is 6.07 Å². The Hall–Kier alpha value is -2.15. The summed E-state index contributed by atoms with van der Waals surface area (Å²) in [4.78, 5) is 13.2. The highest BCUT2D eigenvalue weighted by molar-refractivity contribution is 6.06. The summed E-state index contributed by atoms with van der Waals surface area (Å²) in [5.41, 5.74) is 0.516. The molecule has 7 heteroatoms. The van der Waals surface area contributed by atoms with E-state index >= 15 is 0 Å². The molecule has 1 fully saturated rings. The third kappa shape index (κ3) is 2.57. The molecule has 108 valence electrons. The van der Waals surface area contributed by atoms with Crippen molar-refractivity contribution in [2.75, 3.05) is 27.4 Å². The van der Waals surface area contributed by atoms with Gasteiger partial charge in [0.1, 0.15) is 11.9 Å². The lowest BCUT2D eigenvalue weighted by Gasteiger charge is -2.22. The summed E-state index contributed by atoms with van der Waals surface area (Å²) in [5.74, 6) is -0.375. The van der Waals surface area contributed by atoms with Crippen LogP contribution in [0.4, 0.5) is 9.18 Å². The van der Waals surface area contributed by atoms with E-state index in [2.05, 4.69) is 5.32 Å². The van der Waals surface area contributed by atoms with Crippen LogP contribution >= 0.6 is 0 Å². The molecule has 0 aromatic heterocycles. The largest absolute Gasteiger partial charge is 0.494 e. The summed E-state index contributed by atoms with van der Waals surface area (Å²) in [6.07, 6.45) is 0. The van der Waals surface area contributed by atoms with Gasteiger partial charge in [0.25, 0.3) is 0 Å². The van der Waals surface area contributed by atoms with Gasteiger partial charge in [0, 0.05) is 13.7 Å². The zero-order valence-corrected chi connectivity index (χ0v) is 11.3. The van der Waals surface area contributed by atoms with E-state index in [-0.39, 0.29) is 17.6 Å². The molecule has 1 atom stereocenters. The summed E-state index contributed by atoms with van der Waals surface area (Å²) < 4.78 is 23.6. The van der Waals surface area contributed by atoms with Crippen molar-refractivity contribution in [3.8, 4) is 5.75 Å². The molecule has 1 aromatic rings. The average molecular weight is 281 g/mol. The summed E-state index contributed by atoms with van der Waals surface area (Å²) in [6.45, 7) is 0.666. The van der Waals surface area contributed by atoms with E-state index in [0.717, 1.165) is 0 Å². The second kappa shape index (κ2) is 5.87. The van der Waals surface area contributed by atoms with Gasteiger partial charge in [-0.25, -0.2) is 9.18 Å². The second-order valence-electron chi connectivity index (χ2n) is 4.33. The third-order valence-corrected chi connectivity index (χ3v) is 3.12. The monoisotopic (exact) mass is 281 g/mol. The van der Waals surface area contributed by atoms with Crippen molar-refractivity contribution in [2.24, 2.45) is 0 Å². The SMILES string of the molecule is COCCN1C(=O)NC(=N)C1c1ccc(OC)c(F)c1. The number of carbonyl (C=O) groups excluding carboxylic acids is 1. The first-order valence-corrected chi connectivity index (χ1v) is 6.07. The van der Waals surface area contributed by atoms with Crippen LogP contribution in [0, 0.1) is 11.2 Å². The van der Waals surface area contributed by atoms with E-state index in [1.54, 1.807) is 6.07 Å². The molecule has 2 amide bonds.